The zero-order valence-electron chi connectivity index (χ0n) is 23.4. The Morgan fingerprint density at radius 3 is 2.33 bits per heavy atom. The van der Waals surface area contributed by atoms with Crippen LogP contribution < -0.4 is 19.5 Å². The van der Waals surface area contributed by atoms with E-state index in [9.17, 15) is 5.11 Å². The van der Waals surface area contributed by atoms with Crippen LogP contribution in [0.15, 0.2) is 40.6 Å². The Hall–Kier alpha value is -2.72. The Morgan fingerprint density at radius 1 is 1.05 bits per heavy atom. The van der Waals surface area contributed by atoms with Crippen LogP contribution in [0.2, 0.25) is 0 Å². The molecule has 1 aliphatic carbocycles. The van der Waals surface area contributed by atoms with Gasteiger partial charge in [0.1, 0.15) is 5.66 Å². The lowest BCUT2D eigenvalue weighted by molar-refractivity contribution is 0.108. The third kappa shape index (κ3) is 5.63. The molecule has 1 saturated carbocycles. The molecule has 10 heteroatoms. The number of aliphatic hydroxyl groups is 1. The van der Waals surface area contributed by atoms with Gasteiger partial charge in [0.15, 0.2) is 17.3 Å². The van der Waals surface area contributed by atoms with Crippen molar-refractivity contribution < 1.29 is 19.3 Å². The van der Waals surface area contributed by atoms with Crippen LogP contribution in [0.4, 0.5) is 5.69 Å². The first kappa shape index (κ1) is 27.8. The van der Waals surface area contributed by atoms with Crippen molar-refractivity contribution in [3.63, 3.8) is 0 Å². The summed E-state index contributed by atoms with van der Waals surface area (Å²) in [7, 11) is 4.85. The minimum absolute atomic E-state index is 0.217. The number of piperazine rings is 1. The number of halogens is 1. The topological polar surface area (TPSA) is 83.7 Å². The van der Waals surface area contributed by atoms with Gasteiger partial charge in [-0.15, -0.1) is 0 Å². The van der Waals surface area contributed by atoms with Crippen LogP contribution >= 0.6 is 11.6 Å². The lowest BCUT2D eigenvalue weighted by Crippen LogP contribution is -2.52. The maximum absolute atomic E-state index is 9.23. The minimum Gasteiger partial charge on any atom is -0.493 e. The summed E-state index contributed by atoms with van der Waals surface area (Å²) in [5.41, 5.74) is 2.88. The van der Waals surface area contributed by atoms with Crippen molar-refractivity contribution in [2.75, 3.05) is 66.0 Å². The highest BCUT2D eigenvalue weighted by Gasteiger charge is 2.48. The third-order valence-electron chi connectivity index (χ3n) is 8.33. The molecule has 5 rings (SSSR count). The molecule has 2 atom stereocenters. The molecule has 3 heterocycles. The Bertz CT molecular complexity index is 1210. The van der Waals surface area contributed by atoms with E-state index in [1.54, 1.807) is 21.3 Å². The number of nitrogens with one attached hydrogen (secondary N) is 1. The number of allylic oxidation sites excluding steroid dienone is 2. The second kappa shape index (κ2) is 11.8. The second-order valence-corrected chi connectivity index (χ2v) is 11.0. The molecule has 39 heavy (non-hydrogen) atoms. The number of hydrogen-bond donors (Lipinski definition) is 2. The maximum Gasteiger partial charge on any atom is 0.203 e. The number of benzene rings is 1. The van der Waals surface area contributed by atoms with Gasteiger partial charge >= 0.3 is 0 Å². The Morgan fingerprint density at radius 2 is 1.74 bits per heavy atom. The summed E-state index contributed by atoms with van der Waals surface area (Å²) in [5, 5.41) is 13.6. The molecule has 212 valence electrons. The molecule has 2 aromatic rings. The molecule has 0 amide bonds. The van der Waals surface area contributed by atoms with Gasteiger partial charge in [-0.3, -0.25) is 9.80 Å². The van der Waals surface area contributed by atoms with Crippen LogP contribution in [0, 0.1) is 12.8 Å². The fourth-order valence-electron chi connectivity index (χ4n) is 5.88. The van der Waals surface area contributed by atoms with Crippen LogP contribution in [0.3, 0.4) is 0 Å². The monoisotopic (exact) mass is 557 g/mol. The van der Waals surface area contributed by atoms with E-state index >= 15 is 0 Å². The molecule has 1 saturated heterocycles. The number of β-amino-alcohol motifs (C(OH)–C–C–N with tert-alkyl or cyclic N) is 1. The summed E-state index contributed by atoms with van der Waals surface area (Å²) in [6.07, 6.45) is 9.26. The van der Waals surface area contributed by atoms with Gasteiger partial charge < -0.3 is 29.2 Å². The molecular weight excluding hydrogens is 518 g/mol. The highest BCUT2D eigenvalue weighted by atomic mass is 35.5. The average Bonchev–Trinajstić information content (AvgIpc) is 3.26. The number of ether oxygens (including phenoxy) is 3. The molecule has 0 spiro atoms. The van der Waals surface area contributed by atoms with E-state index in [4.69, 9.17) is 30.8 Å². The number of methoxy groups -OCH3 is 3. The summed E-state index contributed by atoms with van der Waals surface area (Å²) >= 11 is 6.87. The third-order valence-corrected chi connectivity index (χ3v) is 8.65. The van der Waals surface area contributed by atoms with Crippen molar-refractivity contribution in [1.29, 1.82) is 0 Å². The van der Waals surface area contributed by atoms with Crippen molar-refractivity contribution >= 4 is 23.1 Å². The largest absolute Gasteiger partial charge is 0.493 e. The predicted octanol–water partition coefficient (Wildman–Crippen LogP) is 3.92. The van der Waals surface area contributed by atoms with Gasteiger partial charge in [0.05, 0.1) is 33.0 Å². The van der Waals surface area contributed by atoms with E-state index in [1.807, 2.05) is 12.1 Å². The number of fused-ring (bicyclic) bond motifs is 1. The van der Waals surface area contributed by atoms with Gasteiger partial charge in [-0.05, 0) is 37.3 Å². The second-order valence-electron chi connectivity index (χ2n) is 10.6. The highest BCUT2D eigenvalue weighted by Crippen LogP contribution is 2.48. The Labute approximate surface area is 236 Å². The molecule has 0 radical (unpaired) electrons. The fourth-order valence-corrected chi connectivity index (χ4v) is 6.11. The summed E-state index contributed by atoms with van der Waals surface area (Å²) in [4.78, 5) is 10.1. The number of aromatic nitrogens is 1. The zero-order valence-corrected chi connectivity index (χ0v) is 24.1. The number of aliphatic hydroxyl groups excluding tert-OH is 1. The first-order chi connectivity index (χ1) is 18.9. The van der Waals surface area contributed by atoms with Gasteiger partial charge in [-0.2, -0.15) is 0 Å². The van der Waals surface area contributed by atoms with Crippen molar-refractivity contribution in [2.24, 2.45) is 10.9 Å². The number of aliphatic imine (C=N–C) groups is 1. The van der Waals surface area contributed by atoms with Crippen molar-refractivity contribution in [3.05, 3.63) is 46.8 Å². The normalized spacial score (nSPS) is 23.7. The SMILES string of the molecule is COc1cc(NC23CCC2CC=C(Cl)C(n2cc(C)c(CN4CCN(CCO)CC4)c2)=N3)cc(OC)c1OC. The number of hydrogen-bond acceptors (Lipinski definition) is 8. The van der Waals surface area contributed by atoms with Gasteiger partial charge in [0, 0.05) is 75.4 Å². The first-order valence-corrected chi connectivity index (χ1v) is 14.0. The van der Waals surface area contributed by atoms with Crippen LogP contribution in [-0.2, 0) is 6.54 Å². The predicted molar refractivity (Wildman–Crippen MR) is 155 cm³/mol. The van der Waals surface area contributed by atoms with Crippen molar-refractivity contribution in [1.82, 2.24) is 14.4 Å². The Kier molecular flexibility index (Phi) is 8.42. The molecule has 2 fully saturated rings. The lowest BCUT2D eigenvalue weighted by Gasteiger charge is -2.47. The first-order valence-electron chi connectivity index (χ1n) is 13.7. The van der Waals surface area contributed by atoms with Crippen LogP contribution in [0.5, 0.6) is 17.2 Å². The maximum atomic E-state index is 9.23. The minimum atomic E-state index is -0.478. The lowest BCUT2D eigenvalue weighted by atomic mass is 9.71. The van der Waals surface area contributed by atoms with Crippen LogP contribution in [0.25, 0.3) is 0 Å². The fraction of sp³-hybridized carbons (Fsp3) is 0.552. The number of rotatable bonds is 9. The summed E-state index contributed by atoms with van der Waals surface area (Å²) in [6, 6.07) is 3.86. The zero-order chi connectivity index (χ0) is 27.6. The summed E-state index contributed by atoms with van der Waals surface area (Å²) < 4.78 is 18.8. The molecule has 1 aromatic carbocycles. The van der Waals surface area contributed by atoms with Gasteiger partial charge in [-0.1, -0.05) is 17.7 Å². The van der Waals surface area contributed by atoms with Crippen LogP contribution in [-0.4, -0.2) is 91.6 Å². The van der Waals surface area contributed by atoms with E-state index < -0.39 is 5.66 Å². The summed E-state index contributed by atoms with van der Waals surface area (Å²) in [6.45, 7) is 7.97. The smallest absolute Gasteiger partial charge is 0.203 e. The highest BCUT2D eigenvalue weighted by molar-refractivity contribution is 6.43. The molecule has 2 N–H and O–H groups in total. The summed E-state index contributed by atoms with van der Waals surface area (Å²) in [5.74, 6) is 2.86. The molecule has 1 aromatic heterocycles. The average molecular weight is 558 g/mol. The van der Waals surface area contributed by atoms with Gasteiger partial charge in [0.25, 0.3) is 0 Å². The standard InChI is InChI=1S/C29H40ClN5O4/c1-20-17-35(19-21(20)18-34-11-9-33(10-12-34)13-14-36)28-24(30)6-5-22-7-8-29(22,32-28)31-23-15-25(37-2)27(39-4)26(16-23)38-3/h6,15-17,19,22,31,36H,5,7-14,18H2,1-4H3. The van der Waals surface area contributed by atoms with Crippen molar-refractivity contribution in [2.45, 2.75) is 38.4 Å². The molecule has 2 aliphatic heterocycles. The van der Waals surface area contributed by atoms with E-state index in [2.05, 4.69) is 45.1 Å². The van der Waals surface area contributed by atoms with E-state index in [0.29, 0.717) is 28.2 Å². The number of anilines is 1. The quantitative estimate of drug-likeness (QED) is 0.483. The molecule has 9 nitrogen and oxygen atoms in total. The van der Waals surface area contributed by atoms with Gasteiger partial charge in [-0.25, -0.2) is 4.99 Å². The number of nitrogens with zero attached hydrogens (tertiary/aromatic N) is 4. The molecule has 3 aliphatic rings. The van der Waals surface area contributed by atoms with Crippen LogP contribution in [0.1, 0.15) is 30.4 Å². The Balaban J connectivity index is 1.40. The molecule has 0 bridgehead atoms. The molecular formula is C29H40ClN5O4. The van der Waals surface area contributed by atoms with E-state index in [0.717, 1.165) is 70.1 Å². The van der Waals surface area contributed by atoms with Crippen molar-refractivity contribution in [3.8, 4) is 17.2 Å². The molecule has 2 unspecified atom stereocenters. The van der Waals surface area contributed by atoms with Gasteiger partial charge in [0.2, 0.25) is 5.75 Å². The van der Waals surface area contributed by atoms with E-state index in [1.165, 1.54) is 11.1 Å². The number of aryl methyl sites for hydroxylation is 1. The van der Waals surface area contributed by atoms with E-state index in [-0.39, 0.29) is 6.61 Å².